The maximum atomic E-state index is 13.4. The number of amides is 4. The van der Waals surface area contributed by atoms with Gasteiger partial charge < -0.3 is 30.6 Å². The molecule has 4 N–H and O–H groups in total. The van der Waals surface area contributed by atoms with Crippen LogP contribution in [0.15, 0.2) is 84.9 Å². The van der Waals surface area contributed by atoms with Crippen LogP contribution in [0.3, 0.4) is 0 Å². The lowest BCUT2D eigenvalue weighted by Gasteiger charge is -2.18. The summed E-state index contributed by atoms with van der Waals surface area (Å²) in [5.41, 5.74) is 2.66. The second-order valence-electron chi connectivity index (χ2n) is 13.8. The molecule has 258 valence electrons. The molecule has 0 spiro atoms. The molecule has 0 radical (unpaired) electrons. The summed E-state index contributed by atoms with van der Waals surface area (Å²) >= 11 is 0. The highest BCUT2D eigenvalue weighted by molar-refractivity contribution is 5.99. The van der Waals surface area contributed by atoms with Crippen LogP contribution >= 0.6 is 0 Å². The van der Waals surface area contributed by atoms with Crippen molar-refractivity contribution in [2.24, 2.45) is 23.7 Å². The quantitative estimate of drug-likeness (QED) is 0.253. The van der Waals surface area contributed by atoms with Crippen LogP contribution in [0, 0.1) is 23.7 Å². The van der Waals surface area contributed by atoms with Gasteiger partial charge in [-0.25, -0.2) is 0 Å². The van der Waals surface area contributed by atoms with Crippen molar-refractivity contribution in [1.29, 1.82) is 0 Å². The van der Waals surface area contributed by atoms with Crippen LogP contribution < -0.4 is 10.6 Å². The second kappa shape index (κ2) is 13.4. The Morgan fingerprint density at radius 1 is 0.500 bits per heavy atom. The SMILES string of the molecule is O=C(O)[C@@H]1CN(C(=O)c2ccc(C(=O)N3C[C@@H](C(=O)O)[C@H](C(=O)N[C@@H]4C[C@H]4c4ccccc4)C3)cc2)C[C@H]1C(=O)N[C@@H]1C[C@H]1c1ccccc1. The van der Waals surface area contributed by atoms with Crippen LogP contribution in [-0.2, 0) is 19.2 Å². The van der Waals surface area contributed by atoms with E-state index >= 15 is 0 Å². The second-order valence-corrected chi connectivity index (χ2v) is 13.8. The third-order valence-corrected chi connectivity index (χ3v) is 10.6. The predicted octanol–water partition coefficient (Wildman–Crippen LogP) is 2.58. The first-order valence-corrected chi connectivity index (χ1v) is 16.9. The number of hydrogen-bond donors (Lipinski definition) is 4. The summed E-state index contributed by atoms with van der Waals surface area (Å²) in [6.45, 7) is -0.349. The zero-order valence-corrected chi connectivity index (χ0v) is 27.2. The number of carbonyl (C=O) groups excluding carboxylic acids is 4. The summed E-state index contributed by atoms with van der Waals surface area (Å²) in [7, 11) is 0. The molecule has 0 unspecified atom stereocenters. The van der Waals surface area contributed by atoms with Gasteiger partial charge in [0.25, 0.3) is 11.8 Å². The molecule has 0 aromatic heterocycles. The minimum atomic E-state index is -1.15. The minimum absolute atomic E-state index is 0.0498. The average Bonchev–Trinajstić information content (AvgIpc) is 3.96. The molecule has 4 fully saturated rings. The number of hydrogen-bond acceptors (Lipinski definition) is 6. The number of rotatable bonds is 10. The van der Waals surface area contributed by atoms with Crippen molar-refractivity contribution in [3.05, 3.63) is 107 Å². The normalized spacial score (nSPS) is 28.1. The van der Waals surface area contributed by atoms with Gasteiger partial charge >= 0.3 is 11.9 Å². The van der Waals surface area contributed by atoms with Gasteiger partial charge in [0, 0.05) is 61.2 Å². The Hall–Kier alpha value is -5.52. The summed E-state index contributed by atoms with van der Waals surface area (Å²) < 4.78 is 0. The van der Waals surface area contributed by atoms with E-state index in [1.165, 1.54) is 34.1 Å². The van der Waals surface area contributed by atoms with Crippen LogP contribution in [-0.4, -0.2) is 93.8 Å². The fourth-order valence-electron chi connectivity index (χ4n) is 7.52. The maximum Gasteiger partial charge on any atom is 0.309 e. The molecule has 0 bridgehead atoms. The summed E-state index contributed by atoms with van der Waals surface area (Å²) in [6, 6.07) is 25.2. The summed E-state index contributed by atoms with van der Waals surface area (Å²) in [4.78, 5) is 80.1. The van der Waals surface area contributed by atoms with Crippen molar-refractivity contribution in [2.45, 2.75) is 36.8 Å². The maximum absolute atomic E-state index is 13.4. The number of benzene rings is 3. The van der Waals surface area contributed by atoms with Crippen molar-refractivity contribution in [2.75, 3.05) is 26.2 Å². The van der Waals surface area contributed by atoms with Gasteiger partial charge in [0.1, 0.15) is 0 Å². The summed E-state index contributed by atoms with van der Waals surface area (Å²) in [5, 5.41) is 25.7. The highest BCUT2D eigenvalue weighted by atomic mass is 16.4. The molecular weight excluding hydrogens is 640 g/mol. The molecule has 4 amide bonds. The molecule has 4 aliphatic rings. The smallest absolute Gasteiger partial charge is 0.309 e. The first kappa shape index (κ1) is 33.0. The van der Waals surface area contributed by atoms with E-state index in [1.54, 1.807) is 0 Å². The first-order valence-electron chi connectivity index (χ1n) is 16.9. The topological polar surface area (TPSA) is 173 Å². The third-order valence-electron chi connectivity index (χ3n) is 10.6. The number of carboxylic acids is 2. The lowest BCUT2D eigenvalue weighted by molar-refractivity contribution is -0.145. The molecule has 3 aromatic carbocycles. The molecule has 12 nitrogen and oxygen atoms in total. The number of likely N-dealkylation sites (tertiary alicyclic amines) is 2. The van der Waals surface area contributed by atoms with E-state index in [2.05, 4.69) is 10.6 Å². The number of nitrogens with one attached hydrogen (secondary N) is 2. The molecule has 2 saturated heterocycles. The van der Waals surface area contributed by atoms with Crippen molar-refractivity contribution in [1.82, 2.24) is 20.4 Å². The number of carbonyl (C=O) groups is 6. The van der Waals surface area contributed by atoms with Crippen LogP contribution in [0.1, 0.15) is 56.5 Å². The van der Waals surface area contributed by atoms with Crippen molar-refractivity contribution >= 4 is 35.6 Å². The van der Waals surface area contributed by atoms with E-state index in [4.69, 9.17) is 0 Å². The van der Waals surface area contributed by atoms with Crippen molar-refractivity contribution in [3.8, 4) is 0 Å². The van der Waals surface area contributed by atoms with Gasteiger partial charge in [0.15, 0.2) is 0 Å². The Kier molecular flexibility index (Phi) is 8.85. The Labute approximate surface area is 288 Å². The first-order chi connectivity index (χ1) is 24.1. The molecule has 7 rings (SSSR count). The standard InChI is InChI=1S/C38H38N4O8/c43-33(39-31-15-25(31)21-7-3-1-4-8-21)27-17-41(19-29(27)37(47)48)35(45)23-11-13-24(14-12-23)36(46)42-18-28(30(20-42)38(49)50)34(44)40-32-16-26(32)22-9-5-2-6-10-22/h1-14,25-32H,15-20H2,(H,39,43)(H,40,44)(H,47,48)(H,49,50)/t25-,26-,27+,28+,29+,30+,31+,32+/m0/s1. The third kappa shape index (κ3) is 6.70. The van der Waals surface area contributed by atoms with Crippen LogP contribution in [0.5, 0.6) is 0 Å². The van der Waals surface area contributed by atoms with E-state index in [-0.39, 0.29) is 73.0 Å². The van der Waals surface area contributed by atoms with Gasteiger partial charge in [0.05, 0.1) is 23.7 Å². The fourth-order valence-corrected chi connectivity index (χ4v) is 7.52. The van der Waals surface area contributed by atoms with E-state index in [0.717, 1.165) is 24.0 Å². The number of nitrogens with zero attached hydrogens (tertiary/aromatic N) is 2. The molecule has 12 heteroatoms. The fraction of sp³-hybridized carbons (Fsp3) is 0.368. The highest BCUT2D eigenvalue weighted by Gasteiger charge is 2.48. The Morgan fingerprint density at radius 3 is 1.18 bits per heavy atom. The molecular formula is C38H38N4O8. The summed E-state index contributed by atoms with van der Waals surface area (Å²) in [5.74, 6) is -7.55. The average molecular weight is 679 g/mol. The zero-order chi connectivity index (χ0) is 35.1. The van der Waals surface area contributed by atoms with Crippen molar-refractivity contribution < 1.29 is 39.0 Å². The van der Waals surface area contributed by atoms with Gasteiger partial charge in [-0.15, -0.1) is 0 Å². The van der Waals surface area contributed by atoms with E-state index in [1.807, 2.05) is 60.7 Å². The van der Waals surface area contributed by atoms with Gasteiger partial charge in [-0.05, 0) is 48.2 Å². The van der Waals surface area contributed by atoms with Gasteiger partial charge in [-0.2, -0.15) is 0 Å². The van der Waals surface area contributed by atoms with Crippen LogP contribution in [0.25, 0.3) is 0 Å². The Morgan fingerprint density at radius 2 is 0.840 bits per heavy atom. The molecule has 2 heterocycles. The number of carboxylic acid groups (broad SMARTS) is 2. The van der Waals surface area contributed by atoms with E-state index in [0.29, 0.717) is 0 Å². The number of aliphatic carboxylic acids is 2. The van der Waals surface area contributed by atoms with Gasteiger partial charge in [-0.3, -0.25) is 28.8 Å². The van der Waals surface area contributed by atoms with Crippen molar-refractivity contribution in [3.63, 3.8) is 0 Å². The van der Waals surface area contributed by atoms with Gasteiger partial charge in [-0.1, -0.05) is 60.7 Å². The molecule has 2 aliphatic heterocycles. The lowest BCUT2D eigenvalue weighted by Crippen LogP contribution is -2.39. The minimum Gasteiger partial charge on any atom is -0.481 e. The monoisotopic (exact) mass is 678 g/mol. The molecule has 2 aliphatic carbocycles. The Bertz CT molecular complexity index is 1680. The predicted molar refractivity (Wildman–Crippen MR) is 179 cm³/mol. The molecule has 8 atom stereocenters. The summed E-state index contributed by atoms with van der Waals surface area (Å²) in [6.07, 6.45) is 1.54. The van der Waals surface area contributed by atoms with Gasteiger partial charge in [0.2, 0.25) is 11.8 Å². The highest BCUT2D eigenvalue weighted by Crippen LogP contribution is 2.42. The molecule has 2 saturated carbocycles. The van der Waals surface area contributed by atoms with E-state index < -0.39 is 47.4 Å². The largest absolute Gasteiger partial charge is 0.481 e. The van der Waals surface area contributed by atoms with E-state index in [9.17, 15) is 39.0 Å². The lowest BCUT2D eigenvalue weighted by atomic mass is 9.95. The molecule has 50 heavy (non-hydrogen) atoms. The van der Waals surface area contributed by atoms with Crippen LogP contribution in [0.2, 0.25) is 0 Å². The zero-order valence-electron chi connectivity index (χ0n) is 27.2. The van der Waals surface area contributed by atoms with Crippen LogP contribution in [0.4, 0.5) is 0 Å². The Balaban J connectivity index is 0.952. The molecule has 3 aromatic rings.